The average molecular weight is 396 g/mol. The van der Waals surface area contributed by atoms with Crippen LogP contribution in [0.4, 0.5) is 0 Å². The minimum absolute atomic E-state index is 0.878. The van der Waals surface area contributed by atoms with Crippen molar-refractivity contribution in [2.45, 2.75) is 19.3 Å². The predicted molar refractivity (Wildman–Crippen MR) is 123 cm³/mol. The van der Waals surface area contributed by atoms with Gasteiger partial charge in [-0.15, -0.1) is 0 Å². The molecule has 4 rings (SSSR count). The van der Waals surface area contributed by atoms with Gasteiger partial charge < -0.3 is 4.57 Å². The van der Waals surface area contributed by atoms with Crippen LogP contribution in [-0.2, 0) is 4.57 Å². The highest BCUT2D eigenvalue weighted by Gasteiger charge is 2.44. The summed E-state index contributed by atoms with van der Waals surface area (Å²) in [6.45, 7) is 0. The summed E-state index contributed by atoms with van der Waals surface area (Å²) in [5.41, 5.74) is 0.919. The maximum absolute atomic E-state index is 14.5. The van der Waals surface area contributed by atoms with E-state index in [1.807, 2.05) is 73.5 Å². The largest absolute Gasteiger partial charge is 0.313 e. The van der Waals surface area contributed by atoms with Gasteiger partial charge in [0, 0.05) is 16.5 Å². The molecule has 0 unspecified atom stereocenters. The number of benzene rings is 2. The van der Waals surface area contributed by atoms with E-state index in [-0.39, 0.29) is 0 Å². The van der Waals surface area contributed by atoms with Crippen molar-refractivity contribution in [1.29, 1.82) is 0 Å². The molecule has 2 saturated carbocycles. The van der Waals surface area contributed by atoms with Crippen molar-refractivity contribution in [3.8, 4) is 0 Å². The first kappa shape index (κ1) is 20.7. The maximum Gasteiger partial charge on any atom is 0.151 e. The second-order valence-electron chi connectivity index (χ2n) is 7.23. The van der Waals surface area contributed by atoms with E-state index in [4.69, 9.17) is 0 Å². The number of rotatable bonds is 8. The fraction of sp³-hybridized carbons (Fsp3) is 0.111. The Labute approximate surface area is 177 Å². The van der Waals surface area contributed by atoms with Crippen molar-refractivity contribution in [3.05, 3.63) is 135 Å². The van der Waals surface area contributed by atoms with Gasteiger partial charge in [-0.1, -0.05) is 72.8 Å². The van der Waals surface area contributed by atoms with Gasteiger partial charge in [-0.05, 0) is 70.1 Å². The van der Waals surface area contributed by atoms with E-state index >= 15 is 0 Å². The maximum atomic E-state index is 14.5. The van der Waals surface area contributed by atoms with E-state index in [0.717, 1.165) is 41.4 Å². The van der Waals surface area contributed by atoms with E-state index in [1.165, 1.54) is 5.92 Å². The summed E-state index contributed by atoms with van der Waals surface area (Å²) >= 11 is 0. The molecule has 2 fully saturated rings. The Morgan fingerprint density at radius 2 is 1.34 bits per heavy atom. The Balaban J connectivity index is 1.49. The molecule has 2 heteroatoms. The third-order valence-electron chi connectivity index (χ3n) is 5.27. The molecule has 10 radical (unpaired) electrons. The van der Waals surface area contributed by atoms with Crippen molar-refractivity contribution in [3.63, 3.8) is 0 Å². The van der Waals surface area contributed by atoms with Crippen LogP contribution in [-0.4, -0.2) is 0 Å². The predicted octanol–water partition coefficient (Wildman–Crippen LogP) is 5.87. The molecule has 0 spiro atoms. The van der Waals surface area contributed by atoms with Gasteiger partial charge in [-0.3, -0.25) is 0 Å². The van der Waals surface area contributed by atoms with E-state index < -0.39 is 7.14 Å². The van der Waals surface area contributed by atoms with Crippen molar-refractivity contribution in [1.82, 2.24) is 0 Å². The molecule has 144 valence electrons. The number of hydrogen-bond acceptors (Lipinski definition) is 1. The molecule has 2 aliphatic carbocycles. The van der Waals surface area contributed by atoms with E-state index in [0.29, 0.717) is 0 Å². The van der Waals surface area contributed by atoms with Gasteiger partial charge in [0.15, 0.2) is 7.14 Å². The van der Waals surface area contributed by atoms with Gasteiger partial charge in [-0.2, -0.15) is 0 Å². The molecule has 0 saturated heterocycles. The highest BCUT2D eigenvalue weighted by molar-refractivity contribution is 7.81. The highest BCUT2D eigenvalue weighted by atomic mass is 31.2. The first-order chi connectivity index (χ1) is 14.3. The van der Waals surface area contributed by atoms with Gasteiger partial charge in [0.25, 0.3) is 0 Å². The molecular formula is C27H25OP. The lowest BCUT2D eigenvalue weighted by Gasteiger charge is -2.28. The topological polar surface area (TPSA) is 17.1 Å². The van der Waals surface area contributed by atoms with Crippen LogP contribution in [0, 0.1) is 62.4 Å². The molecule has 1 nitrogen and oxygen atoms in total. The zero-order valence-electron chi connectivity index (χ0n) is 16.4. The monoisotopic (exact) mass is 396 g/mol. The summed E-state index contributed by atoms with van der Waals surface area (Å²) in [6.07, 6.45) is 22.2. The van der Waals surface area contributed by atoms with Gasteiger partial charge in [0.2, 0.25) is 0 Å². The molecule has 29 heavy (non-hydrogen) atoms. The first-order valence-electron chi connectivity index (χ1n) is 10.1. The van der Waals surface area contributed by atoms with Crippen molar-refractivity contribution >= 4 is 17.8 Å². The van der Waals surface area contributed by atoms with Crippen LogP contribution < -0.4 is 10.6 Å². The van der Waals surface area contributed by atoms with Crippen LogP contribution in [0.3, 0.4) is 0 Å². The summed E-state index contributed by atoms with van der Waals surface area (Å²) in [7, 11) is -2.91. The van der Waals surface area contributed by atoms with E-state index in [1.54, 1.807) is 0 Å². The molecule has 0 atom stereocenters. The van der Waals surface area contributed by atoms with Crippen LogP contribution in [0.25, 0.3) is 0 Å². The fourth-order valence-electron chi connectivity index (χ4n) is 3.77. The highest BCUT2D eigenvalue weighted by Crippen LogP contribution is 2.62. The molecule has 2 aromatic rings. The number of unbranched alkanes of at least 4 members (excludes halogenated alkanes) is 1. The lowest BCUT2D eigenvalue weighted by molar-refractivity contribution is 0.588. The molecule has 0 bridgehead atoms. The summed E-state index contributed by atoms with van der Waals surface area (Å²) in [5.74, 6) is 2.44. The number of allylic oxidation sites excluding steroid dienone is 2. The molecule has 0 heterocycles. The Morgan fingerprint density at radius 1 is 0.724 bits per heavy atom. The molecule has 2 aliphatic rings. The van der Waals surface area contributed by atoms with E-state index in [9.17, 15) is 4.57 Å². The molecular weight excluding hydrogens is 371 g/mol. The summed E-state index contributed by atoms with van der Waals surface area (Å²) in [5, 5.41) is 1.76. The molecule has 0 amide bonds. The zero-order valence-corrected chi connectivity index (χ0v) is 17.3. The Hall–Kier alpha value is -1.59. The minimum atomic E-state index is -2.91. The van der Waals surface area contributed by atoms with E-state index in [2.05, 4.69) is 44.3 Å². The van der Waals surface area contributed by atoms with Crippen LogP contribution >= 0.6 is 7.14 Å². The second-order valence-corrected chi connectivity index (χ2v) is 9.97. The Bertz CT molecular complexity index is 777. The van der Waals surface area contributed by atoms with Crippen LogP contribution in [0.2, 0.25) is 0 Å². The normalized spacial score (nSPS) is 19.4. The van der Waals surface area contributed by atoms with Crippen LogP contribution in [0.15, 0.2) is 72.8 Å². The van der Waals surface area contributed by atoms with Crippen LogP contribution in [0.1, 0.15) is 19.3 Å². The van der Waals surface area contributed by atoms with Crippen molar-refractivity contribution in [2.75, 3.05) is 0 Å². The summed E-state index contributed by atoms with van der Waals surface area (Å²) in [6, 6.07) is 19.7. The fourth-order valence-corrected chi connectivity index (χ4v) is 6.62. The third kappa shape index (κ3) is 4.77. The molecule has 0 N–H and O–H groups in total. The van der Waals surface area contributed by atoms with Crippen molar-refractivity contribution < 1.29 is 4.57 Å². The van der Waals surface area contributed by atoms with Crippen LogP contribution in [0.5, 0.6) is 0 Å². The summed E-state index contributed by atoms with van der Waals surface area (Å²) < 4.78 is 14.5. The SMILES string of the molecule is O=P([C]1[CH][CH][CH][C]1/C=C\CCC[C]1[CH][CH][CH][CH]1)(c1ccccc1)c1ccccc1. The Morgan fingerprint density at radius 3 is 1.97 bits per heavy atom. The average Bonchev–Trinajstić information content (AvgIpc) is 3.46. The zero-order chi connectivity index (χ0) is 19.9. The molecule has 0 aliphatic heterocycles. The molecule has 0 aromatic heterocycles. The quantitative estimate of drug-likeness (QED) is 0.403. The van der Waals surface area contributed by atoms with Crippen molar-refractivity contribution in [2.24, 2.45) is 0 Å². The molecule has 2 aromatic carbocycles. The lowest BCUT2D eigenvalue weighted by Crippen LogP contribution is -2.22. The lowest BCUT2D eigenvalue weighted by atomic mass is 10.00. The first-order valence-corrected chi connectivity index (χ1v) is 11.8. The smallest absolute Gasteiger partial charge is 0.151 e. The minimum Gasteiger partial charge on any atom is -0.313 e. The Kier molecular flexibility index (Phi) is 7.09. The second kappa shape index (κ2) is 9.94. The summed E-state index contributed by atoms with van der Waals surface area (Å²) in [4.78, 5) is 0. The third-order valence-corrected chi connectivity index (χ3v) is 8.41. The van der Waals surface area contributed by atoms with Gasteiger partial charge >= 0.3 is 0 Å². The standard InChI is InChI=1S/C27H25OP/c28-29(25-18-6-2-7-19-25,26-20-8-3-9-21-26)27-22-12-17-24(27)16-5-1-4-13-23-14-10-11-15-23/h2-3,5-12,14-22H,1,4,13H2/b16-5-. The van der Waals surface area contributed by atoms with Gasteiger partial charge in [0.1, 0.15) is 0 Å². The number of hydrogen-bond donors (Lipinski definition) is 0. The van der Waals surface area contributed by atoms with Gasteiger partial charge in [-0.25, -0.2) is 0 Å². The van der Waals surface area contributed by atoms with Gasteiger partial charge in [0.05, 0.1) is 5.66 Å².